The van der Waals surface area contributed by atoms with Crippen molar-refractivity contribution in [3.63, 3.8) is 0 Å². The molecule has 100 valence electrons. The second kappa shape index (κ2) is 4.61. The van der Waals surface area contributed by atoms with E-state index in [4.69, 9.17) is 5.11 Å². The molecule has 1 amide bonds. The van der Waals surface area contributed by atoms with Crippen LogP contribution in [0.15, 0.2) is 10.8 Å². The molecule has 2 aromatic rings. The van der Waals surface area contributed by atoms with Crippen molar-refractivity contribution in [3.05, 3.63) is 10.8 Å². The number of fused-ring (bicyclic) bond motifs is 1. The number of rotatable bonds is 1. The Labute approximate surface area is 115 Å². The first-order valence-electron chi connectivity index (χ1n) is 5.62. The van der Waals surface area contributed by atoms with E-state index in [1.54, 1.807) is 10.7 Å². The lowest BCUT2D eigenvalue weighted by atomic mass is 10.3. The molecule has 1 N–H and O–H groups in total. The van der Waals surface area contributed by atoms with Gasteiger partial charge >= 0.3 is 6.09 Å². The van der Waals surface area contributed by atoms with Crippen LogP contribution in [0.1, 0.15) is 0 Å². The number of carbonyl (C=O) groups is 1. The quantitative estimate of drug-likeness (QED) is 0.791. The SMILES string of the molecule is O=C(O)N1CCN(c2ncc(Br)n3nnnc23)CC1. The molecule has 9 nitrogen and oxygen atoms in total. The molecule has 1 fully saturated rings. The van der Waals surface area contributed by atoms with Crippen molar-refractivity contribution < 1.29 is 9.90 Å². The van der Waals surface area contributed by atoms with Crippen molar-refractivity contribution in [1.82, 2.24) is 29.9 Å². The van der Waals surface area contributed by atoms with E-state index in [1.807, 2.05) is 4.90 Å². The molecule has 0 unspecified atom stereocenters. The smallest absolute Gasteiger partial charge is 0.407 e. The van der Waals surface area contributed by atoms with Crippen LogP contribution in [-0.4, -0.2) is 67.3 Å². The van der Waals surface area contributed by atoms with Gasteiger partial charge in [-0.2, -0.15) is 4.52 Å². The average Bonchev–Trinajstić information content (AvgIpc) is 2.89. The Morgan fingerprint density at radius 3 is 2.74 bits per heavy atom. The Hall–Kier alpha value is -1.97. The van der Waals surface area contributed by atoms with E-state index < -0.39 is 6.09 Å². The lowest BCUT2D eigenvalue weighted by Gasteiger charge is -2.33. The third-order valence-electron chi connectivity index (χ3n) is 3.01. The number of carboxylic acid groups (broad SMARTS) is 1. The number of tetrazole rings is 1. The van der Waals surface area contributed by atoms with Crippen molar-refractivity contribution >= 4 is 33.5 Å². The van der Waals surface area contributed by atoms with Crippen LogP contribution >= 0.6 is 15.9 Å². The third kappa shape index (κ3) is 2.07. The zero-order chi connectivity index (χ0) is 13.4. The summed E-state index contributed by atoms with van der Waals surface area (Å²) in [6, 6.07) is 0. The largest absolute Gasteiger partial charge is 0.465 e. The minimum Gasteiger partial charge on any atom is -0.465 e. The number of piperazine rings is 1. The van der Waals surface area contributed by atoms with Crippen LogP contribution < -0.4 is 4.90 Å². The molecule has 1 saturated heterocycles. The lowest BCUT2D eigenvalue weighted by molar-refractivity contribution is 0.142. The van der Waals surface area contributed by atoms with E-state index in [-0.39, 0.29) is 0 Å². The summed E-state index contributed by atoms with van der Waals surface area (Å²) in [4.78, 5) is 18.6. The van der Waals surface area contributed by atoms with Gasteiger partial charge in [0.15, 0.2) is 5.82 Å². The molecule has 1 aliphatic heterocycles. The van der Waals surface area contributed by atoms with Gasteiger partial charge in [0.1, 0.15) is 4.60 Å². The standard InChI is InChI=1S/C9H10BrN7O2/c10-6-5-11-7(8-12-13-14-17(6)8)15-1-3-16(4-2-15)9(18)19/h5H,1-4H2,(H,18,19). The normalized spacial score (nSPS) is 16.1. The highest BCUT2D eigenvalue weighted by atomic mass is 79.9. The van der Waals surface area contributed by atoms with Crippen LogP contribution in [0.5, 0.6) is 0 Å². The van der Waals surface area contributed by atoms with Crippen LogP contribution in [-0.2, 0) is 0 Å². The average molecular weight is 328 g/mol. The van der Waals surface area contributed by atoms with Gasteiger partial charge in [0.25, 0.3) is 0 Å². The van der Waals surface area contributed by atoms with Crippen LogP contribution in [0.3, 0.4) is 0 Å². The maximum absolute atomic E-state index is 10.9. The molecule has 19 heavy (non-hydrogen) atoms. The molecule has 0 aromatic carbocycles. The second-order valence-corrected chi connectivity index (χ2v) is 4.89. The summed E-state index contributed by atoms with van der Waals surface area (Å²) in [5, 5.41) is 20.3. The molecule has 1 aliphatic rings. The first-order chi connectivity index (χ1) is 9.16. The Morgan fingerprint density at radius 2 is 2.05 bits per heavy atom. The number of hydrogen-bond donors (Lipinski definition) is 1. The number of hydrogen-bond acceptors (Lipinski definition) is 6. The summed E-state index contributed by atoms with van der Waals surface area (Å²) in [7, 11) is 0. The van der Waals surface area contributed by atoms with Gasteiger partial charge < -0.3 is 14.9 Å². The van der Waals surface area contributed by atoms with Gasteiger partial charge in [0.2, 0.25) is 5.65 Å². The molecule has 0 aliphatic carbocycles. The highest BCUT2D eigenvalue weighted by Gasteiger charge is 2.23. The monoisotopic (exact) mass is 327 g/mol. The van der Waals surface area contributed by atoms with Crippen molar-refractivity contribution in [2.24, 2.45) is 0 Å². The van der Waals surface area contributed by atoms with Gasteiger partial charge in [-0.05, 0) is 26.4 Å². The van der Waals surface area contributed by atoms with Crippen LogP contribution in [0.4, 0.5) is 10.6 Å². The van der Waals surface area contributed by atoms with Crippen LogP contribution in [0.2, 0.25) is 0 Å². The predicted octanol–water partition coefficient (Wildman–Crippen LogP) is 0.0818. The van der Waals surface area contributed by atoms with Crippen molar-refractivity contribution in [3.8, 4) is 0 Å². The third-order valence-corrected chi connectivity index (χ3v) is 3.56. The number of amides is 1. The number of aromatic nitrogens is 5. The Kier molecular flexibility index (Phi) is 2.93. The molecule has 0 radical (unpaired) electrons. The summed E-state index contributed by atoms with van der Waals surface area (Å²) in [5.74, 6) is 0.665. The van der Waals surface area contributed by atoms with Crippen molar-refractivity contribution in [1.29, 1.82) is 0 Å². The molecular formula is C9H10BrN7O2. The Bertz CT molecular complexity index is 622. The minimum atomic E-state index is -0.891. The van der Waals surface area contributed by atoms with Gasteiger partial charge in [-0.15, -0.1) is 5.10 Å². The second-order valence-electron chi connectivity index (χ2n) is 4.08. The van der Waals surface area contributed by atoms with Gasteiger partial charge in [0.05, 0.1) is 6.20 Å². The highest BCUT2D eigenvalue weighted by Crippen LogP contribution is 2.20. The van der Waals surface area contributed by atoms with E-state index in [1.165, 1.54) is 4.90 Å². The fourth-order valence-corrected chi connectivity index (χ4v) is 2.37. The maximum Gasteiger partial charge on any atom is 0.407 e. The first kappa shape index (κ1) is 12.1. The number of anilines is 1. The Morgan fingerprint density at radius 1 is 1.32 bits per heavy atom. The predicted molar refractivity (Wildman–Crippen MR) is 68.1 cm³/mol. The van der Waals surface area contributed by atoms with Crippen LogP contribution in [0, 0.1) is 0 Å². The van der Waals surface area contributed by atoms with Crippen molar-refractivity contribution in [2.45, 2.75) is 0 Å². The summed E-state index contributed by atoms with van der Waals surface area (Å²) in [5.41, 5.74) is 0.554. The van der Waals surface area contributed by atoms with E-state index in [0.717, 1.165) is 0 Å². The fourth-order valence-electron chi connectivity index (χ4n) is 2.03. The molecule has 0 spiro atoms. The molecule has 2 aromatic heterocycles. The fraction of sp³-hybridized carbons (Fsp3) is 0.444. The minimum absolute atomic E-state index is 0.445. The molecule has 3 rings (SSSR count). The van der Waals surface area contributed by atoms with E-state index in [9.17, 15) is 4.79 Å². The molecule has 0 bridgehead atoms. The highest BCUT2D eigenvalue weighted by molar-refractivity contribution is 9.10. The lowest BCUT2D eigenvalue weighted by Crippen LogP contribution is -2.48. The molecular weight excluding hydrogens is 318 g/mol. The Balaban J connectivity index is 1.88. The molecule has 0 saturated carbocycles. The van der Waals surface area contributed by atoms with Crippen LogP contribution in [0.25, 0.3) is 5.65 Å². The molecule has 10 heteroatoms. The molecule has 0 atom stereocenters. The zero-order valence-corrected chi connectivity index (χ0v) is 11.4. The van der Waals surface area contributed by atoms with Gasteiger partial charge in [0, 0.05) is 26.2 Å². The number of halogens is 1. The first-order valence-corrected chi connectivity index (χ1v) is 6.41. The van der Waals surface area contributed by atoms with E-state index in [0.29, 0.717) is 42.2 Å². The van der Waals surface area contributed by atoms with E-state index in [2.05, 4.69) is 36.4 Å². The van der Waals surface area contributed by atoms with E-state index >= 15 is 0 Å². The van der Waals surface area contributed by atoms with Gasteiger partial charge in [-0.1, -0.05) is 0 Å². The number of nitrogens with zero attached hydrogens (tertiary/aromatic N) is 7. The van der Waals surface area contributed by atoms with Crippen molar-refractivity contribution in [2.75, 3.05) is 31.1 Å². The summed E-state index contributed by atoms with van der Waals surface area (Å²) in [6.45, 7) is 2.04. The summed E-state index contributed by atoms with van der Waals surface area (Å²) >= 11 is 3.32. The zero-order valence-electron chi connectivity index (χ0n) is 9.77. The maximum atomic E-state index is 10.9. The topological polar surface area (TPSA) is 99.8 Å². The summed E-state index contributed by atoms with van der Waals surface area (Å²) in [6.07, 6.45) is 0.736. The van der Waals surface area contributed by atoms with Gasteiger partial charge in [-0.25, -0.2) is 9.78 Å². The summed E-state index contributed by atoms with van der Waals surface area (Å²) < 4.78 is 2.21. The van der Waals surface area contributed by atoms with Gasteiger partial charge in [-0.3, -0.25) is 0 Å². The molecule has 3 heterocycles.